The van der Waals surface area contributed by atoms with Crippen molar-refractivity contribution in [2.75, 3.05) is 5.32 Å². The van der Waals surface area contributed by atoms with Gasteiger partial charge in [0.2, 0.25) is 0 Å². The van der Waals surface area contributed by atoms with E-state index in [1.807, 2.05) is 19.1 Å². The number of nitrogens with zero attached hydrogens (tertiary/aromatic N) is 1. The van der Waals surface area contributed by atoms with Gasteiger partial charge in [-0.1, -0.05) is 0 Å². The van der Waals surface area contributed by atoms with Gasteiger partial charge in [-0.05, 0) is 68.5 Å². The minimum atomic E-state index is -1.22. The van der Waals surface area contributed by atoms with Crippen molar-refractivity contribution in [2.24, 2.45) is 0 Å². The third kappa shape index (κ3) is 3.51. The van der Waals surface area contributed by atoms with Gasteiger partial charge in [-0.2, -0.15) is 0 Å². The Morgan fingerprint density at radius 1 is 1.22 bits per heavy atom. The number of amides is 1. The van der Waals surface area contributed by atoms with Crippen LogP contribution in [0.15, 0.2) is 42.7 Å². The van der Waals surface area contributed by atoms with Crippen molar-refractivity contribution in [3.63, 3.8) is 0 Å². The Balaban J connectivity index is 1.70. The van der Waals surface area contributed by atoms with Crippen LogP contribution in [-0.2, 0) is 4.79 Å². The lowest BCUT2D eigenvalue weighted by Crippen LogP contribution is -2.40. The normalized spacial score (nSPS) is 16.1. The fraction of sp³-hybridized carbons (Fsp3) is 0.333. The third-order valence-corrected chi connectivity index (χ3v) is 4.16. The second-order valence-electron chi connectivity index (χ2n) is 5.96. The number of aromatic nitrogens is 1. The molecule has 0 saturated heterocycles. The molecule has 3 rings (SSSR count). The van der Waals surface area contributed by atoms with Crippen LogP contribution < -0.4 is 10.1 Å². The van der Waals surface area contributed by atoms with E-state index in [1.165, 1.54) is 0 Å². The number of hydrogen-bond acceptors (Lipinski definition) is 4. The first-order chi connectivity index (χ1) is 11.1. The molecule has 5 heteroatoms. The van der Waals surface area contributed by atoms with E-state index in [0.29, 0.717) is 30.0 Å². The molecule has 1 aromatic carbocycles. The maximum absolute atomic E-state index is 12.2. The van der Waals surface area contributed by atoms with Crippen molar-refractivity contribution in [1.29, 1.82) is 0 Å². The Bertz CT molecular complexity index is 695. The average molecular weight is 312 g/mol. The summed E-state index contributed by atoms with van der Waals surface area (Å²) in [5.74, 6) is 1.10. The van der Waals surface area contributed by atoms with Crippen LogP contribution in [0.1, 0.15) is 31.2 Å². The SMILES string of the molecule is Cc1cc(NC(=O)C2(O)CCCC2)ccc1Oc1ccncc1. The molecule has 0 atom stereocenters. The van der Waals surface area contributed by atoms with Gasteiger partial charge in [-0.3, -0.25) is 9.78 Å². The minimum Gasteiger partial charge on any atom is -0.457 e. The summed E-state index contributed by atoms with van der Waals surface area (Å²) in [4.78, 5) is 16.2. The van der Waals surface area contributed by atoms with E-state index in [1.54, 1.807) is 30.6 Å². The second kappa shape index (κ2) is 6.38. The van der Waals surface area contributed by atoms with E-state index in [9.17, 15) is 9.90 Å². The predicted octanol–water partition coefficient (Wildman–Crippen LogP) is 3.43. The summed E-state index contributed by atoms with van der Waals surface area (Å²) in [6, 6.07) is 8.99. The highest BCUT2D eigenvalue weighted by molar-refractivity contribution is 5.97. The van der Waals surface area contributed by atoms with E-state index in [-0.39, 0.29) is 5.91 Å². The molecule has 1 amide bonds. The topological polar surface area (TPSA) is 71.5 Å². The molecule has 2 aromatic rings. The van der Waals surface area contributed by atoms with Gasteiger partial charge in [0.15, 0.2) is 0 Å². The Hall–Kier alpha value is -2.40. The molecule has 1 fully saturated rings. The molecule has 0 aliphatic heterocycles. The summed E-state index contributed by atoms with van der Waals surface area (Å²) in [7, 11) is 0. The average Bonchev–Trinajstić information content (AvgIpc) is 2.99. The number of rotatable bonds is 4. The summed E-state index contributed by atoms with van der Waals surface area (Å²) in [5.41, 5.74) is 0.341. The summed E-state index contributed by atoms with van der Waals surface area (Å²) >= 11 is 0. The first kappa shape index (κ1) is 15.5. The number of aryl methyl sites for hydroxylation is 1. The molecule has 0 spiro atoms. The van der Waals surface area contributed by atoms with E-state index in [4.69, 9.17) is 4.74 Å². The smallest absolute Gasteiger partial charge is 0.256 e. The summed E-state index contributed by atoms with van der Waals surface area (Å²) in [5, 5.41) is 13.1. The molecule has 0 radical (unpaired) electrons. The molecule has 1 aromatic heterocycles. The van der Waals surface area contributed by atoms with Crippen LogP contribution >= 0.6 is 0 Å². The van der Waals surface area contributed by atoms with Gasteiger partial charge in [0.05, 0.1) is 0 Å². The Morgan fingerprint density at radius 3 is 2.57 bits per heavy atom. The zero-order chi connectivity index (χ0) is 16.3. The van der Waals surface area contributed by atoms with Gasteiger partial charge in [-0.15, -0.1) is 0 Å². The monoisotopic (exact) mass is 312 g/mol. The Morgan fingerprint density at radius 2 is 1.91 bits per heavy atom. The molecule has 1 saturated carbocycles. The molecule has 23 heavy (non-hydrogen) atoms. The first-order valence-electron chi connectivity index (χ1n) is 7.79. The van der Waals surface area contributed by atoms with Crippen LogP contribution in [0.2, 0.25) is 0 Å². The molecule has 1 aliphatic carbocycles. The quantitative estimate of drug-likeness (QED) is 0.907. The van der Waals surface area contributed by atoms with Gasteiger partial charge >= 0.3 is 0 Å². The Labute approximate surface area is 135 Å². The number of benzene rings is 1. The predicted molar refractivity (Wildman–Crippen MR) is 87.5 cm³/mol. The fourth-order valence-corrected chi connectivity index (χ4v) is 2.81. The fourth-order valence-electron chi connectivity index (χ4n) is 2.81. The van der Waals surface area contributed by atoms with Crippen LogP contribution in [0.5, 0.6) is 11.5 Å². The van der Waals surface area contributed by atoms with Crippen LogP contribution in [0.4, 0.5) is 5.69 Å². The van der Waals surface area contributed by atoms with Crippen LogP contribution in [0.3, 0.4) is 0 Å². The number of aliphatic hydroxyl groups is 1. The van der Waals surface area contributed by atoms with Crippen molar-refractivity contribution in [2.45, 2.75) is 38.2 Å². The number of nitrogens with one attached hydrogen (secondary N) is 1. The summed E-state index contributed by atoms with van der Waals surface area (Å²) in [6.07, 6.45) is 6.18. The van der Waals surface area contributed by atoms with Crippen molar-refractivity contribution in [1.82, 2.24) is 4.98 Å². The minimum absolute atomic E-state index is 0.322. The van der Waals surface area contributed by atoms with Gasteiger partial charge < -0.3 is 15.2 Å². The van der Waals surface area contributed by atoms with Crippen LogP contribution in [-0.4, -0.2) is 21.6 Å². The lowest BCUT2D eigenvalue weighted by atomic mass is 10.0. The highest BCUT2D eigenvalue weighted by Crippen LogP contribution is 2.32. The van der Waals surface area contributed by atoms with E-state index < -0.39 is 5.60 Å². The molecule has 0 unspecified atom stereocenters. The number of hydrogen-bond donors (Lipinski definition) is 2. The van der Waals surface area contributed by atoms with Gasteiger partial charge in [0.1, 0.15) is 17.1 Å². The molecule has 2 N–H and O–H groups in total. The number of ether oxygens (including phenoxy) is 1. The number of anilines is 1. The van der Waals surface area contributed by atoms with Gasteiger partial charge in [0, 0.05) is 18.1 Å². The molecular formula is C18H20N2O3. The van der Waals surface area contributed by atoms with Crippen molar-refractivity contribution in [3.8, 4) is 11.5 Å². The third-order valence-electron chi connectivity index (χ3n) is 4.16. The molecule has 5 nitrogen and oxygen atoms in total. The highest BCUT2D eigenvalue weighted by atomic mass is 16.5. The lowest BCUT2D eigenvalue weighted by molar-refractivity contribution is -0.133. The maximum atomic E-state index is 12.2. The molecular weight excluding hydrogens is 292 g/mol. The second-order valence-corrected chi connectivity index (χ2v) is 5.96. The summed E-state index contributed by atoms with van der Waals surface area (Å²) < 4.78 is 5.79. The van der Waals surface area contributed by atoms with Crippen molar-refractivity contribution >= 4 is 11.6 Å². The standard InChI is InChI=1S/C18H20N2O3/c1-13-12-14(20-17(21)18(22)8-2-3-9-18)4-5-16(13)23-15-6-10-19-11-7-15/h4-7,10-12,22H,2-3,8-9H2,1H3,(H,20,21). The molecule has 1 aliphatic rings. The molecule has 1 heterocycles. The number of carbonyl (C=O) groups is 1. The number of carbonyl (C=O) groups excluding carboxylic acids is 1. The van der Waals surface area contributed by atoms with Crippen molar-refractivity contribution in [3.05, 3.63) is 48.3 Å². The molecule has 120 valence electrons. The van der Waals surface area contributed by atoms with E-state index in [2.05, 4.69) is 10.3 Å². The highest BCUT2D eigenvalue weighted by Gasteiger charge is 2.38. The zero-order valence-corrected chi connectivity index (χ0v) is 13.1. The lowest BCUT2D eigenvalue weighted by Gasteiger charge is -2.21. The Kier molecular flexibility index (Phi) is 4.30. The summed E-state index contributed by atoms with van der Waals surface area (Å²) in [6.45, 7) is 1.91. The van der Waals surface area contributed by atoms with Crippen LogP contribution in [0, 0.1) is 6.92 Å². The van der Waals surface area contributed by atoms with Crippen LogP contribution in [0.25, 0.3) is 0 Å². The van der Waals surface area contributed by atoms with Gasteiger partial charge in [0.25, 0.3) is 5.91 Å². The maximum Gasteiger partial charge on any atom is 0.256 e. The molecule has 0 bridgehead atoms. The number of pyridine rings is 1. The largest absolute Gasteiger partial charge is 0.457 e. The van der Waals surface area contributed by atoms with Gasteiger partial charge in [-0.25, -0.2) is 0 Å². The zero-order valence-electron chi connectivity index (χ0n) is 13.1. The van der Waals surface area contributed by atoms with Crippen molar-refractivity contribution < 1.29 is 14.6 Å². The van der Waals surface area contributed by atoms with E-state index >= 15 is 0 Å². The first-order valence-corrected chi connectivity index (χ1v) is 7.79. The van der Waals surface area contributed by atoms with E-state index in [0.717, 1.165) is 18.4 Å².